The zero-order valence-electron chi connectivity index (χ0n) is 17.6. The molecule has 1 aliphatic heterocycles. The number of amides is 4. The number of carbonyl (C=O) groups excluding carboxylic acids is 3. The topological polar surface area (TPSA) is 78.5 Å². The summed E-state index contributed by atoms with van der Waals surface area (Å²) in [6, 6.07) is 14.8. The molecule has 1 spiro atoms. The Morgan fingerprint density at radius 1 is 1.10 bits per heavy atom. The minimum Gasteiger partial charge on any atom is -0.325 e. The van der Waals surface area contributed by atoms with Crippen molar-refractivity contribution < 1.29 is 14.4 Å². The Morgan fingerprint density at radius 2 is 1.80 bits per heavy atom. The molecule has 0 radical (unpaired) electrons. The Morgan fingerprint density at radius 3 is 2.50 bits per heavy atom. The minimum atomic E-state index is -1.05. The maximum Gasteiger partial charge on any atom is 0.325 e. The monoisotopic (exact) mass is 405 g/mol. The van der Waals surface area contributed by atoms with E-state index in [1.807, 2.05) is 48.5 Å². The zero-order valence-corrected chi connectivity index (χ0v) is 17.6. The first kappa shape index (κ1) is 20.1. The van der Waals surface area contributed by atoms with Gasteiger partial charge in [-0.1, -0.05) is 57.2 Å². The second kappa shape index (κ2) is 7.27. The number of aryl methyl sites for hydroxylation is 1. The number of benzene rings is 2. The summed E-state index contributed by atoms with van der Waals surface area (Å²) >= 11 is 0. The number of imide groups is 1. The van der Waals surface area contributed by atoms with Crippen LogP contribution >= 0.6 is 0 Å². The van der Waals surface area contributed by atoms with Crippen molar-refractivity contribution in [2.45, 2.75) is 51.0 Å². The van der Waals surface area contributed by atoms with Crippen molar-refractivity contribution in [2.24, 2.45) is 0 Å². The molecule has 4 rings (SSSR count). The molecule has 0 unspecified atom stereocenters. The van der Waals surface area contributed by atoms with Gasteiger partial charge in [-0.05, 0) is 53.5 Å². The lowest BCUT2D eigenvalue weighted by atomic mass is 9.76. The molecular weight excluding hydrogens is 378 g/mol. The molecule has 4 amide bonds. The van der Waals surface area contributed by atoms with Crippen LogP contribution in [0.15, 0.2) is 48.5 Å². The van der Waals surface area contributed by atoms with Gasteiger partial charge in [0.2, 0.25) is 5.91 Å². The molecule has 2 aromatic rings. The molecule has 1 fully saturated rings. The van der Waals surface area contributed by atoms with Crippen molar-refractivity contribution in [2.75, 3.05) is 11.9 Å². The fourth-order valence-corrected chi connectivity index (χ4v) is 4.35. The molecule has 2 aromatic carbocycles. The van der Waals surface area contributed by atoms with E-state index in [9.17, 15) is 14.4 Å². The van der Waals surface area contributed by atoms with E-state index in [4.69, 9.17) is 0 Å². The molecule has 1 aliphatic carbocycles. The smallest absolute Gasteiger partial charge is 0.325 e. The standard InChI is InChI=1S/C24H27N3O3/c1-23(2,3)17-10-12-18(13-11-17)25-20(28)15-27-21(29)24(26-22(27)30)14-6-8-16-7-4-5-9-19(16)24/h4-5,7,9-13H,6,8,14-15H2,1-3H3,(H,25,28)(H,26,30)/t24-/m1/s1. The highest BCUT2D eigenvalue weighted by Gasteiger charge is 2.54. The fourth-order valence-electron chi connectivity index (χ4n) is 4.35. The fraction of sp³-hybridized carbons (Fsp3) is 0.375. The Kier molecular flexibility index (Phi) is 4.88. The number of nitrogens with zero attached hydrogens (tertiary/aromatic N) is 1. The maximum atomic E-state index is 13.3. The van der Waals surface area contributed by atoms with E-state index >= 15 is 0 Å². The van der Waals surface area contributed by atoms with Crippen molar-refractivity contribution >= 4 is 23.5 Å². The molecule has 2 N–H and O–H groups in total. The minimum absolute atomic E-state index is 0.0210. The van der Waals surface area contributed by atoms with Crippen molar-refractivity contribution in [3.8, 4) is 0 Å². The Hall–Kier alpha value is -3.15. The van der Waals surface area contributed by atoms with Gasteiger partial charge < -0.3 is 10.6 Å². The van der Waals surface area contributed by atoms with Crippen LogP contribution in [0.3, 0.4) is 0 Å². The average molecular weight is 405 g/mol. The van der Waals surface area contributed by atoms with E-state index in [2.05, 4.69) is 31.4 Å². The van der Waals surface area contributed by atoms with Gasteiger partial charge in [-0.15, -0.1) is 0 Å². The van der Waals surface area contributed by atoms with Crippen LogP contribution in [0.4, 0.5) is 10.5 Å². The SMILES string of the molecule is CC(C)(C)c1ccc(NC(=O)CN2C(=O)N[C@@]3(CCCc4ccccc43)C2=O)cc1. The van der Waals surface area contributed by atoms with Crippen molar-refractivity contribution in [1.82, 2.24) is 10.2 Å². The van der Waals surface area contributed by atoms with Gasteiger partial charge in [-0.2, -0.15) is 0 Å². The highest BCUT2D eigenvalue weighted by atomic mass is 16.2. The molecule has 30 heavy (non-hydrogen) atoms. The van der Waals surface area contributed by atoms with Gasteiger partial charge in [0.1, 0.15) is 12.1 Å². The molecule has 0 aromatic heterocycles. The van der Waals surface area contributed by atoms with Gasteiger partial charge in [0.05, 0.1) is 0 Å². The predicted octanol–water partition coefficient (Wildman–Crippen LogP) is 3.71. The van der Waals surface area contributed by atoms with Crippen LogP contribution < -0.4 is 10.6 Å². The zero-order chi connectivity index (χ0) is 21.5. The van der Waals surface area contributed by atoms with Crippen LogP contribution in [0, 0.1) is 0 Å². The molecule has 0 saturated carbocycles. The number of carbonyl (C=O) groups is 3. The number of nitrogens with one attached hydrogen (secondary N) is 2. The normalized spacial score (nSPS) is 20.8. The second-order valence-electron chi connectivity index (χ2n) is 9.11. The Labute approximate surface area is 176 Å². The van der Waals surface area contributed by atoms with Crippen LogP contribution in [0.2, 0.25) is 0 Å². The maximum absolute atomic E-state index is 13.3. The highest BCUT2D eigenvalue weighted by Crippen LogP contribution is 2.39. The quantitative estimate of drug-likeness (QED) is 0.764. The van der Waals surface area contributed by atoms with E-state index in [1.165, 1.54) is 0 Å². The molecule has 0 bridgehead atoms. The largest absolute Gasteiger partial charge is 0.325 e. The lowest BCUT2D eigenvalue weighted by Gasteiger charge is -2.33. The van der Waals surface area contributed by atoms with Crippen molar-refractivity contribution in [3.05, 3.63) is 65.2 Å². The number of anilines is 1. The summed E-state index contributed by atoms with van der Waals surface area (Å²) in [6.07, 6.45) is 2.23. The third-order valence-electron chi connectivity index (χ3n) is 5.99. The second-order valence-corrected chi connectivity index (χ2v) is 9.11. The third-order valence-corrected chi connectivity index (χ3v) is 5.99. The highest BCUT2D eigenvalue weighted by molar-refractivity contribution is 6.10. The van der Waals surface area contributed by atoms with E-state index < -0.39 is 17.5 Å². The summed E-state index contributed by atoms with van der Waals surface area (Å²) in [7, 11) is 0. The first-order valence-corrected chi connectivity index (χ1v) is 10.3. The van der Waals surface area contributed by atoms with Crippen molar-refractivity contribution in [1.29, 1.82) is 0 Å². The molecule has 1 saturated heterocycles. The molecule has 156 valence electrons. The lowest BCUT2D eigenvalue weighted by Crippen LogP contribution is -2.47. The number of urea groups is 1. The molecule has 1 heterocycles. The summed E-state index contributed by atoms with van der Waals surface area (Å²) in [5.74, 6) is -0.749. The third kappa shape index (κ3) is 3.47. The molecule has 1 atom stereocenters. The lowest BCUT2D eigenvalue weighted by molar-refractivity contribution is -0.134. The summed E-state index contributed by atoms with van der Waals surface area (Å²) < 4.78 is 0. The van der Waals surface area contributed by atoms with E-state index in [0.717, 1.165) is 34.4 Å². The number of hydrogen-bond donors (Lipinski definition) is 2. The summed E-state index contributed by atoms with van der Waals surface area (Å²) in [5.41, 5.74) is 2.68. The summed E-state index contributed by atoms with van der Waals surface area (Å²) in [5, 5.41) is 5.66. The van der Waals surface area contributed by atoms with E-state index in [0.29, 0.717) is 12.1 Å². The Balaban J connectivity index is 1.49. The van der Waals surface area contributed by atoms with Crippen LogP contribution in [0.5, 0.6) is 0 Å². The number of rotatable bonds is 3. The van der Waals surface area contributed by atoms with Gasteiger partial charge in [-0.3, -0.25) is 14.5 Å². The van der Waals surface area contributed by atoms with Gasteiger partial charge in [0, 0.05) is 5.69 Å². The van der Waals surface area contributed by atoms with Crippen LogP contribution in [-0.4, -0.2) is 29.3 Å². The van der Waals surface area contributed by atoms with Crippen molar-refractivity contribution in [3.63, 3.8) is 0 Å². The van der Waals surface area contributed by atoms with Crippen LogP contribution in [0.25, 0.3) is 0 Å². The van der Waals surface area contributed by atoms with E-state index in [-0.39, 0.29) is 17.9 Å². The van der Waals surface area contributed by atoms with Gasteiger partial charge in [0.15, 0.2) is 0 Å². The number of hydrogen-bond acceptors (Lipinski definition) is 3. The molecule has 6 heteroatoms. The van der Waals surface area contributed by atoms with Crippen LogP contribution in [0.1, 0.15) is 50.3 Å². The van der Waals surface area contributed by atoms with E-state index in [1.54, 1.807) is 0 Å². The first-order valence-electron chi connectivity index (χ1n) is 10.3. The molecule has 6 nitrogen and oxygen atoms in total. The number of fused-ring (bicyclic) bond motifs is 2. The Bertz CT molecular complexity index is 1010. The van der Waals surface area contributed by atoms with Gasteiger partial charge >= 0.3 is 6.03 Å². The first-order chi connectivity index (χ1) is 14.2. The van der Waals surface area contributed by atoms with Gasteiger partial charge in [0.25, 0.3) is 5.91 Å². The molecule has 2 aliphatic rings. The molecular formula is C24H27N3O3. The van der Waals surface area contributed by atoms with Crippen LogP contribution in [-0.2, 0) is 27.0 Å². The summed E-state index contributed by atoms with van der Waals surface area (Å²) in [4.78, 5) is 39.5. The predicted molar refractivity (Wildman–Crippen MR) is 115 cm³/mol. The van der Waals surface area contributed by atoms with Gasteiger partial charge in [-0.25, -0.2) is 4.79 Å². The average Bonchev–Trinajstić information content (AvgIpc) is 2.93. The summed E-state index contributed by atoms with van der Waals surface area (Å²) in [6.45, 7) is 6.06.